The lowest BCUT2D eigenvalue weighted by atomic mass is 10.2. The van der Waals surface area contributed by atoms with Crippen molar-refractivity contribution < 1.29 is 9.53 Å². The van der Waals surface area contributed by atoms with Crippen LogP contribution in [0.1, 0.15) is 12.0 Å². The van der Waals surface area contributed by atoms with Crippen LogP contribution in [0.2, 0.25) is 0 Å². The topological polar surface area (TPSA) is 38.3 Å². The zero-order chi connectivity index (χ0) is 14.4. The molecule has 0 saturated carbocycles. The number of para-hydroxylation sites is 1. The van der Waals surface area contributed by atoms with Crippen molar-refractivity contribution in [3.63, 3.8) is 0 Å². The van der Waals surface area contributed by atoms with Crippen LogP contribution in [0.15, 0.2) is 48.5 Å². The van der Waals surface area contributed by atoms with Gasteiger partial charge in [-0.25, -0.2) is 0 Å². The van der Waals surface area contributed by atoms with Crippen LogP contribution in [0.4, 0.5) is 5.69 Å². The molecular weight excluding hydrogens is 365 g/mol. The lowest BCUT2D eigenvalue weighted by Crippen LogP contribution is -2.15. The fourth-order valence-corrected chi connectivity index (χ4v) is 2.19. The maximum atomic E-state index is 11.8. The molecule has 1 N–H and O–H groups in total. The molecule has 4 heteroatoms. The normalized spacial score (nSPS) is 10.1. The van der Waals surface area contributed by atoms with Crippen molar-refractivity contribution in [2.45, 2.75) is 13.3 Å². The zero-order valence-corrected chi connectivity index (χ0v) is 13.4. The highest BCUT2D eigenvalue weighted by Gasteiger charge is 2.05. The number of carbonyl (C=O) groups is 1. The molecule has 2 rings (SSSR count). The van der Waals surface area contributed by atoms with Crippen LogP contribution in [0.25, 0.3) is 0 Å². The summed E-state index contributed by atoms with van der Waals surface area (Å²) in [6, 6.07) is 15.5. The summed E-state index contributed by atoms with van der Waals surface area (Å²) in [5.41, 5.74) is 2.03. The van der Waals surface area contributed by atoms with Crippen LogP contribution in [-0.4, -0.2) is 12.5 Å². The standard InChI is InChI=1S/C16H16INO2/c1-12-6-8-13(9-7-12)20-11-10-16(19)18-15-5-3-2-4-14(15)17/h2-9H,10-11H2,1H3,(H,18,19). The Kier molecular flexibility index (Phi) is 5.40. The molecule has 20 heavy (non-hydrogen) atoms. The quantitative estimate of drug-likeness (QED) is 0.795. The van der Waals surface area contributed by atoms with Crippen molar-refractivity contribution in [1.82, 2.24) is 0 Å². The molecule has 0 unspecified atom stereocenters. The predicted octanol–water partition coefficient (Wildman–Crippen LogP) is 4.01. The van der Waals surface area contributed by atoms with Crippen LogP contribution in [0.3, 0.4) is 0 Å². The minimum absolute atomic E-state index is 0.0405. The molecule has 0 aromatic heterocycles. The fraction of sp³-hybridized carbons (Fsp3) is 0.188. The van der Waals surface area contributed by atoms with Crippen molar-refractivity contribution in [1.29, 1.82) is 0 Å². The highest BCUT2D eigenvalue weighted by Crippen LogP contribution is 2.17. The number of hydrogen-bond donors (Lipinski definition) is 1. The Hall–Kier alpha value is -1.56. The lowest BCUT2D eigenvalue weighted by molar-refractivity contribution is -0.116. The Morgan fingerprint density at radius 1 is 1.15 bits per heavy atom. The molecule has 0 atom stereocenters. The molecule has 0 bridgehead atoms. The number of ether oxygens (including phenoxy) is 1. The molecule has 0 radical (unpaired) electrons. The summed E-state index contributed by atoms with van der Waals surface area (Å²) in [7, 11) is 0. The third kappa shape index (κ3) is 4.52. The van der Waals surface area contributed by atoms with Gasteiger partial charge in [-0.2, -0.15) is 0 Å². The SMILES string of the molecule is Cc1ccc(OCCC(=O)Nc2ccccc2I)cc1. The summed E-state index contributed by atoms with van der Waals surface area (Å²) < 4.78 is 6.56. The van der Waals surface area contributed by atoms with E-state index in [2.05, 4.69) is 27.9 Å². The monoisotopic (exact) mass is 381 g/mol. The van der Waals surface area contributed by atoms with E-state index in [-0.39, 0.29) is 5.91 Å². The molecule has 0 aliphatic heterocycles. The maximum absolute atomic E-state index is 11.8. The molecule has 2 aromatic carbocycles. The number of aryl methyl sites for hydroxylation is 1. The number of hydrogen-bond acceptors (Lipinski definition) is 2. The first-order chi connectivity index (χ1) is 9.65. The zero-order valence-electron chi connectivity index (χ0n) is 11.2. The van der Waals surface area contributed by atoms with Gasteiger partial charge in [0, 0.05) is 3.57 Å². The molecule has 0 fully saturated rings. The Balaban J connectivity index is 1.78. The van der Waals surface area contributed by atoms with Gasteiger partial charge in [-0.05, 0) is 53.8 Å². The van der Waals surface area contributed by atoms with E-state index in [1.165, 1.54) is 5.56 Å². The van der Waals surface area contributed by atoms with Gasteiger partial charge in [0.05, 0.1) is 18.7 Å². The second-order valence-electron chi connectivity index (χ2n) is 4.44. The van der Waals surface area contributed by atoms with E-state index in [1.807, 2.05) is 55.5 Å². The van der Waals surface area contributed by atoms with Gasteiger partial charge >= 0.3 is 0 Å². The third-order valence-electron chi connectivity index (χ3n) is 2.77. The number of benzene rings is 2. The van der Waals surface area contributed by atoms with E-state index in [0.29, 0.717) is 13.0 Å². The summed E-state index contributed by atoms with van der Waals surface area (Å²) in [5, 5.41) is 2.88. The smallest absolute Gasteiger partial charge is 0.227 e. The molecule has 104 valence electrons. The van der Waals surface area contributed by atoms with E-state index in [1.54, 1.807) is 0 Å². The molecule has 0 aliphatic rings. The van der Waals surface area contributed by atoms with Crippen LogP contribution in [-0.2, 0) is 4.79 Å². The summed E-state index contributed by atoms with van der Waals surface area (Å²) in [6.45, 7) is 2.40. The van der Waals surface area contributed by atoms with Crippen LogP contribution >= 0.6 is 22.6 Å². The van der Waals surface area contributed by atoms with Crippen molar-refractivity contribution in [3.8, 4) is 5.75 Å². The Bertz CT molecular complexity index is 581. The number of anilines is 1. The van der Waals surface area contributed by atoms with Crippen LogP contribution in [0.5, 0.6) is 5.75 Å². The third-order valence-corrected chi connectivity index (χ3v) is 3.71. The van der Waals surface area contributed by atoms with Crippen molar-refractivity contribution in [2.75, 3.05) is 11.9 Å². The largest absolute Gasteiger partial charge is 0.493 e. The lowest BCUT2D eigenvalue weighted by Gasteiger charge is -2.08. The first-order valence-corrected chi connectivity index (χ1v) is 7.47. The highest BCUT2D eigenvalue weighted by molar-refractivity contribution is 14.1. The summed E-state index contributed by atoms with van der Waals surface area (Å²) in [5.74, 6) is 0.749. The fourth-order valence-electron chi connectivity index (χ4n) is 1.67. The number of amides is 1. The van der Waals surface area contributed by atoms with Gasteiger partial charge in [0.1, 0.15) is 5.75 Å². The van der Waals surface area contributed by atoms with Gasteiger partial charge in [0.2, 0.25) is 5.91 Å². The molecule has 2 aromatic rings. The van der Waals surface area contributed by atoms with Crippen LogP contribution < -0.4 is 10.1 Å². The van der Waals surface area contributed by atoms with E-state index in [9.17, 15) is 4.79 Å². The van der Waals surface area contributed by atoms with E-state index < -0.39 is 0 Å². The molecule has 3 nitrogen and oxygen atoms in total. The van der Waals surface area contributed by atoms with Crippen LogP contribution in [0, 0.1) is 10.5 Å². The first kappa shape index (κ1) is 14.8. The highest BCUT2D eigenvalue weighted by atomic mass is 127. The maximum Gasteiger partial charge on any atom is 0.227 e. The summed E-state index contributed by atoms with van der Waals surface area (Å²) >= 11 is 2.20. The van der Waals surface area contributed by atoms with Gasteiger partial charge in [-0.3, -0.25) is 4.79 Å². The number of rotatable bonds is 5. The molecule has 1 amide bonds. The Morgan fingerprint density at radius 3 is 2.55 bits per heavy atom. The van der Waals surface area contributed by atoms with Crippen molar-refractivity contribution in [2.24, 2.45) is 0 Å². The Morgan fingerprint density at radius 2 is 1.85 bits per heavy atom. The molecule has 0 heterocycles. The number of carbonyl (C=O) groups excluding carboxylic acids is 1. The van der Waals surface area contributed by atoms with E-state index >= 15 is 0 Å². The van der Waals surface area contributed by atoms with Gasteiger partial charge in [-0.15, -0.1) is 0 Å². The van der Waals surface area contributed by atoms with Gasteiger partial charge < -0.3 is 10.1 Å². The summed E-state index contributed by atoms with van der Waals surface area (Å²) in [4.78, 5) is 11.8. The summed E-state index contributed by atoms with van der Waals surface area (Å²) in [6.07, 6.45) is 0.332. The molecule has 0 aliphatic carbocycles. The second-order valence-corrected chi connectivity index (χ2v) is 5.60. The minimum Gasteiger partial charge on any atom is -0.493 e. The second kappa shape index (κ2) is 7.28. The Labute approximate surface area is 132 Å². The van der Waals surface area contributed by atoms with Crippen molar-refractivity contribution >= 4 is 34.2 Å². The van der Waals surface area contributed by atoms with Crippen molar-refractivity contribution in [3.05, 3.63) is 57.7 Å². The molecule has 0 saturated heterocycles. The molecular formula is C16H16INO2. The average Bonchev–Trinajstić information content (AvgIpc) is 2.44. The first-order valence-electron chi connectivity index (χ1n) is 6.39. The predicted molar refractivity (Wildman–Crippen MR) is 89.1 cm³/mol. The van der Waals surface area contributed by atoms with Gasteiger partial charge in [-0.1, -0.05) is 29.8 Å². The van der Waals surface area contributed by atoms with Gasteiger partial charge in [0.25, 0.3) is 0 Å². The average molecular weight is 381 g/mol. The molecule has 0 spiro atoms. The van der Waals surface area contributed by atoms with E-state index in [4.69, 9.17) is 4.74 Å². The number of halogens is 1. The van der Waals surface area contributed by atoms with E-state index in [0.717, 1.165) is 15.0 Å². The minimum atomic E-state index is -0.0405. The van der Waals surface area contributed by atoms with Gasteiger partial charge in [0.15, 0.2) is 0 Å². The number of nitrogens with one attached hydrogen (secondary N) is 1.